The van der Waals surface area contributed by atoms with Crippen LogP contribution >= 0.6 is 0 Å². The summed E-state index contributed by atoms with van der Waals surface area (Å²) in [6, 6.07) is 70.2. The molecule has 0 saturated carbocycles. The molecule has 0 unspecified atom stereocenters. The van der Waals surface area contributed by atoms with Crippen LogP contribution < -0.4 is 4.74 Å². The molecule has 0 radical (unpaired) electrons. The van der Waals surface area contributed by atoms with Crippen molar-refractivity contribution in [1.82, 2.24) is 23.7 Å². The highest BCUT2D eigenvalue weighted by atomic mass is 16.5. The maximum Gasteiger partial charge on any atom is 0.134 e. The van der Waals surface area contributed by atoms with E-state index in [1.54, 1.807) is 0 Å². The number of fused-ring (bicyclic) bond motifs is 18. The Hall–Kier alpha value is -9.76. The molecule has 1 aliphatic heterocycles. The van der Waals surface area contributed by atoms with Crippen molar-refractivity contribution in [3.05, 3.63) is 234 Å². The highest BCUT2D eigenvalue weighted by Gasteiger charge is 2.54. The predicted molar refractivity (Wildman–Crippen MR) is 272 cm³/mol. The first-order valence-corrected chi connectivity index (χ1v) is 22.9. The largest absolute Gasteiger partial charge is 0.457 e. The molecule has 1 atom stereocenters. The lowest BCUT2D eigenvalue weighted by molar-refractivity contribution is 0.435. The van der Waals surface area contributed by atoms with Crippen LogP contribution in [0.4, 0.5) is 0 Å². The number of ether oxygens (including phenoxy) is 1. The minimum absolute atomic E-state index is 0.546. The van der Waals surface area contributed by atoms with Crippen molar-refractivity contribution in [3.8, 4) is 52.1 Å². The summed E-state index contributed by atoms with van der Waals surface area (Å²) in [6.07, 6.45) is 3.78. The molecule has 0 saturated heterocycles. The quantitative estimate of drug-likeness (QED) is 0.176. The lowest BCUT2D eigenvalue weighted by atomic mass is 9.65. The Morgan fingerprint density at radius 3 is 1.57 bits per heavy atom. The highest BCUT2D eigenvalue weighted by molar-refractivity contribution is 6.12. The van der Waals surface area contributed by atoms with Crippen LogP contribution in [-0.4, -0.2) is 23.7 Å². The molecule has 5 aromatic heterocycles. The highest BCUT2D eigenvalue weighted by Crippen LogP contribution is 2.63. The maximum atomic E-state index is 10.0. The summed E-state index contributed by atoms with van der Waals surface area (Å²) in [5.41, 5.74) is 14.6. The van der Waals surface area contributed by atoms with E-state index in [0.29, 0.717) is 11.1 Å². The zero-order chi connectivity index (χ0) is 45.5. The third-order valence-electron chi connectivity index (χ3n) is 14.6. The predicted octanol–water partition coefficient (Wildman–Crippen LogP) is 14.0. The third-order valence-corrected chi connectivity index (χ3v) is 14.6. The number of aromatic nitrogens is 5. The van der Waals surface area contributed by atoms with Crippen molar-refractivity contribution in [2.45, 2.75) is 5.41 Å². The van der Waals surface area contributed by atoms with Crippen molar-refractivity contribution in [1.29, 1.82) is 10.5 Å². The molecule has 1 aliphatic carbocycles. The number of hydrogen-bond donors (Lipinski definition) is 0. The number of pyridine rings is 2. The molecule has 13 aromatic rings. The summed E-state index contributed by atoms with van der Waals surface area (Å²) in [5, 5.41) is 26.5. The van der Waals surface area contributed by atoms with E-state index in [0.717, 1.165) is 117 Å². The first-order valence-electron chi connectivity index (χ1n) is 22.9. The van der Waals surface area contributed by atoms with E-state index in [4.69, 9.17) is 14.7 Å². The van der Waals surface area contributed by atoms with Crippen molar-refractivity contribution >= 4 is 65.4 Å². The summed E-state index contributed by atoms with van der Waals surface area (Å²) in [5.74, 6) is 1.47. The Balaban J connectivity index is 1.08. The molecule has 69 heavy (non-hydrogen) atoms. The van der Waals surface area contributed by atoms with E-state index in [9.17, 15) is 10.5 Å². The van der Waals surface area contributed by atoms with Gasteiger partial charge in [-0.15, -0.1) is 0 Å². The van der Waals surface area contributed by atoms with Crippen molar-refractivity contribution < 1.29 is 4.74 Å². The second kappa shape index (κ2) is 13.6. The van der Waals surface area contributed by atoms with Gasteiger partial charge in [-0.1, -0.05) is 91.0 Å². The minimum atomic E-state index is -0.992. The molecule has 1 spiro atoms. The van der Waals surface area contributed by atoms with E-state index in [2.05, 4.69) is 171 Å². The summed E-state index contributed by atoms with van der Waals surface area (Å²) in [6.45, 7) is 0. The molecule has 318 valence electrons. The van der Waals surface area contributed by atoms with Crippen LogP contribution in [0.15, 0.2) is 200 Å². The molecule has 8 nitrogen and oxygen atoms in total. The van der Waals surface area contributed by atoms with Gasteiger partial charge >= 0.3 is 0 Å². The smallest absolute Gasteiger partial charge is 0.134 e. The van der Waals surface area contributed by atoms with E-state index >= 15 is 0 Å². The van der Waals surface area contributed by atoms with Gasteiger partial charge in [-0.25, -0.2) is 0 Å². The molecular formula is C61H33N7O. The maximum absolute atomic E-state index is 10.0. The van der Waals surface area contributed by atoms with Gasteiger partial charge in [-0.05, 0) is 96.6 Å². The van der Waals surface area contributed by atoms with Gasteiger partial charge < -0.3 is 18.4 Å². The van der Waals surface area contributed by atoms with Crippen LogP contribution in [0.3, 0.4) is 0 Å². The fraction of sp³-hybridized carbons (Fsp3) is 0.0164. The molecule has 8 aromatic carbocycles. The zero-order valence-electron chi connectivity index (χ0n) is 36.6. The topological polar surface area (TPSA) is 97.4 Å². The standard InChI is InChI=1S/C61H33N7O/c62-33-36-22-26-53-44(29-36)45-30-37(34-63)23-27-54(45)67(53)39-31-48-60(65-35-39)59-47(15-10-28-64-59)61(48)46-25-24-38(66-49-16-5-1-11-40(49)41-12-2-6-17-50(41)66)32-57(46)69-56-21-9-20-55(58(56)61)68-51-18-7-3-13-42(51)43-14-4-8-19-52(43)68/h1-32,35H/t61-/m0/s1. The first-order chi connectivity index (χ1) is 34.1. The average Bonchev–Trinajstić information content (AvgIpc) is 4.12. The van der Waals surface area contributed by atoms with Crippen molar-refractivity contribution in [2.75, 3.05) is 0 Å². The Morgan fingerprint density at radius 2 is 0.957 bits per heavy atom. The summed E-state index contributed by atoms with van der Waals surface area (Å²) >= 11 is 0. The van der Waals surface area contributed by atoms with Gasteiger partial charge in [0.05, 0.1) is 90.7 Å². The Bertz CT molecular complexity index is 4340. The monoisotopic (exact) mass is 879 g/mol. The van der Waals surface area contributed by atoms with E-state index in [1.165, 1.54) is 10.8 Å². The van der Waals surface area contributed by atoms with Crippen LogP contribution in [-0.2, 0) is 5.41 Å². The number of benzene rings is 8. The van der Waals surface area contributed by atoms with Crippen molar-refractivity contribution in [3.63, 3.8) is 0 Å². The molecule has 2 aliphatic rings. The molecule has 0 bridgehead atoms. The minimum Gasteiger partial charge on any atom is -0.457 e. The van der Waals surface area contributed by atoms with E-state index < -0.39 is 5.41 Å². The molecular weight excluding hydrogens is 847 g/mol. The summed E-state index contributed by atoms with van der Waals surface area (Å²) in [4.78, 5) is 10.6. The lowest BCUT2D eigenvalue weighted by Gasteiger charge is -2.40. The molecule has 0 amide bonds. The van der Waals surface area contributed by atoms with E-state index in [-0.39, 0.29) is 0 Å². The van der Waals surface area contributed by atoms with Crippen LogP contribution in [0, 0.1) is 22.7 Å². The molecule has 0 N–H and O–H groups in total. The molecule has 0 fully saturated rings. The number of para-hydroxylation sites is 4. The summed E-state index contributed by atoms with van der Waals surface area (Å²) < 4.78 is 14.3. The Kier molecular flexibility index (Phi) is 7.41. The van der Waals surface area contributed by atoms with Gasteiger partial charge in [0.1, 0.15) is 11.5 Å². The van der Waals surface area contributed by atoms with Crippen LogP contribution in [0.2, 0.25) is 0 Å². The van der Waals surface area contributed by atoms with Gasteiger partial charge in [-0.3, -0.25) is 9.97 Å². The lowest BCUT2D eigenvalue weighted by Crippen LogP contribution is -2.34. The number of rotatable bonds is 3. The van der Waals surface area contributed by atoms with Gasteiger partial charge in [-0.2, -0.15) is 10.5 Å². The van der Waals surface area contributed by atoms with Crippen LogP contribution in [0.25, 0.3) is 93.9 Å². The second-order valence-electron chi connectivity index (χ2n) is 17.9. The third kappa shape index (κ3) is 4.83. The van der Waals surface area contributed by atoms with E-state index in [1.807, 2.05) is 54.9 Å². The molecule has 15 rings (SSSR count). The first kappa shape index (κ1) is 37.5. The number of nitrogens with zero attached hydrogens (tertiary/aromatic N) is 7. The number of nitriles is 2. The van der Waals surface area contributed by atoms with Crippen LogP contribution in [0.1, 0.15) is 33.4 Å². The zero-order valence-corrected chi connectivity index (χ0v) is 36.6. The Morgan fingerprint density at radius 1 is 0.406 bits per heavy atom. The Labute approximate surface area is 394 Å². The molecule has 8 heteroatoms. The molecule has 6 heterocycles. The van der Waals surface area contributed by atoms with Gasteiger partial charge in [0.15, 0.2) is 0 Å². The fourth-order valence-electron chi connectivity index (χ4n) is 11.9. The second-order valence-corrected chi connectivity index (χ2v) is 17.9. The normalized spacial score (nSPS) is 14.5. The number of hydrogen-bond acceptors (Lipinski definition) is 5. The van der Waals surface area contributed by atoms with Gasteiger partial charge in [0.2, 0.25) is 0 Å². The van der Waals surface area contributed by atoms with Crippen molar-refractivity contribution in [2.24, 2.45) is 0 Å². The summed E-state index contributed by atoms with van der Waals surface area (Å²) in [7, 11) is 0. The fourth-order valence-corrected chi connectivity index (χ4v) is 11.9. The average molecular weight is 880 g/mol. The van der Waals surface area contributed by atoms with Gasteiger partial charge in [0.25, 0.3) is 0 Å². The SMILES string of the molecule is N#Cc1ccc2c(c1)c1cc(C#N)ccc1n2-c1cnc2c(c1)[C@]1(c3ccc(-n4c5ccccc5c5ccccc54)cc3Oc3cccc(-n4c5ccccc5c5ccccc54)c31)c1cccnc1-2. The van der Waals surface area contributed by atoms with Gasteiger partial charge in [0, 0.05) is 67.0 Å². The van der Waals surface area contributed by atoms with Crippen LogP contribution in [0.5, 0.6) is 11.5 Å².